The van der Waals surface area contributed by atoms with Crippen LogP contribution >= 0.6 is 10.7 Å². The van der Waals surface area contributed by atoms with Crippen LogP contribution in [0.25, 0.3) is 36.9 Å². The topological polar surface area (TPSA) is 443 Å². The van der Waals surface area contributed by atoms with E-state index >= 15 is 0 Å². The fraction of sp³-hybridized carbons (Fsp3) is 1.00. The van der Waals surface area contributed by atoms with Crippen LogP contribution in [0.2, 0.25) is 0 Å². The molecule has 0 aromatic carbocycles. The molecule has 0 aromatic rings. The summed E-state index contributed by atoms with van der Waals surface area (Å²) >= 11 is 0. The molecule has 0 aliphatic rings. The average Bonchev–Trinajstić information content (AvgIpc) is 3.22. The molecule has 0 heterocycles. The summed E-state index contributed by atoms with van der Waals surface area (Å²) in [6.07, 6.45) is 2.84. The van der Waals surface area contributed by atoms with E-state index in [-0.39, 0.29) is 82.4 Å². The van der Waals surface area contributed by atoms with Crippen molar-refractivity contribution in [3.05, 3.63) is 36.9 Å². The maximum absolute atomic E-state index is 10.6. The Labute approximate surface area is 410 Å². The number of hydrogen-bond acceptors (Lipinski definition) is 22. The largest absolute Gasteiger partial charge is 1.00 e. The molecule has 0 rings (SSSR count). The number of nitrogens with two attached hydrogens (primary N) is 2. The summed E-state index contributed by atoms with van der Waals surface area (Å²) < 4.78 is 141. The molecule has 65 heavy (non-hydrogen) atoms. The van der Waals surface area contributed by atoms with Crippen LogP contribution in [-0.2, 0) is 75.5 Å². The third-order valence-electron chi connectivity index (χ3n) is 4.33. The number of aliphatic hydroxyl groups is 2. The van der Waals surface area contributed by atoms with Crippen LogP contribution < -0.4 is 41.0 Å². The first-order valence-corrected chi connectivity index (χ1v) is 24.1. The molecule has 6 N–H and O–H groups in total. The number of hydrogen-bond donors (Lipinski definition) is 4. The second kappa shape index (κ2) is 76.6. The number of halogens is 3. The van der Waals surface area contributed by atoms with Gasteiger partial charge in [-0.15, -0.1) is 0 Å². The fourth-order valence-corrected chi connectivity index (χ4v) is 3.11. The molecule has 0 amide bonds. The van der Waals surface area contributed by atoms with E-state index in [0.717, 1.165) is 18.8 Å². The SMILES string of the molecule is CS(=O)(=O)Cl.CS(=O)(=O)OCCOCCOCCOS(C)(=O)=O.NCCOCCOCCN.OCCOCCOCCO.[2H]CF.[2H]CF.[N-]=[N+]=NCCOCCOCCN=[N+]=[N-].[N-]=[N+]=[N-].[Na+]. The molecule has 388 valence electrons. The standard InChI is InChI=1S/C8H18O8S2.C6H12N6O2.C6H16N2O2.C6H14O4.CH3ClO2S.2CH3F.N3.Na/c1-17(9,10)15-7-5-13-3-4-14-6-8-16-18(2,11)12;7-11-9-1-3-13-5-6-14-4-2-10-12-8;2*7-1-3-9-5-6-10-4-2-8;1-5(2,3)4;2*1-2;1-3-2;/h3-8H2,1-2H3;1-6H2;1-8H2;7-8H,1-6H2;1H3;2*1H3;;/q;;;;;;;-1;+1/i;;;;;2*1D;;. The Morgan fingerprint density at radius 3 is 0.923 bits per heavy atom. The fourth-order valence-electron chi connectivity index (χ4n) is 2.37. The van der Waals surface area contributed by atoms with Crippen molar-refractivity contribution in [1.29, 1.82) is 0 Å². The van der Waals surface area contributed by atoms with Crippen molar-refractivity contribution in [3.63, 3.8) is 0 Å². The van der Waals surface area contributed by atoms with Crippen LogP contribution in [0.1, 0.15) is 2.74 Å². The molecule has 0 atom stereocenters. The monoisotopic (exact) mass is 1050 g/mol. The molecule has 29 nitrogen and oxygen atoms in total. The van der Waals surface area contributed by atoms with Gasteiger partial charge < -0.3 is 70.6 Å². The van der Waals surface area contributed by atoms with E-state index < -0.39 is 43.6 Å². The normalized spacial score (nSPS) is 10.2. The van der Waals surface area contributed by atoms with E-state index in [1.54, 1.807) is 0 Å². The summed E-state index contributed by atoms with van der Waals surface area (Å²) in [4.78, 5) is 6.64. The molecule has 0 aliphatic heterocycles. The van der Waals surface area contributed by atoms with Gasteiger partial charge in [0, 0.05) is 46.7 Å². The van der Waals surface area contributed by atoms with Crippen LogP contribution in [0.4, 0.5) is 8.78 Å². The van der Waals surface area contributed by atoms with Gasteiger partial charge in [-0.1, -0.05) is 10.2 Å². The quantitative estimate of drug-likeness (QED) is 0.0101. The number of alkyl halides is 2. The van der Waals surface area contributed by atoms with Crippen LogP contribution in [0.3, 0.4) is 0 Å². The van der Waals surface area contributed by atoms with Gasteiger partial charge in [0.1, 0.15) is 0 Å². The van der Waals surface area contributed by atoms with Gasteiger partial charge in [-0.05, 0) is 11.1 Å². The minimum atomic E-state index is -3.43. The van der Waals surface area contributed by atoms with Crippen molar-refractivity contribution in [2.45, 2.75) is 0 Å². The number of azide groups is 2. The Bertz CT molecular complexity index is 1310. The van der Waals surface area contributed by atoms with Crippen LogP contribution in [0.5, 0.6) is 0 Å². The molecule has 0 saturated carbocycles. The van der Waals surface area contributed by atoms with Gasteiger partial charge in [-0.3, -0.25) is 22.1 Å². The van der Waals surface area contributed by atoms with Crippen molar-refractivity contribution in [1.82, 2.24) is 0 Å². The van der Waals surface area contributed by atoms with Crippen molar-refractivity contribution in [2.24, 2.45) is 21.7 Å². The zero-order chi connectivity index (χ0) is 52.5. The van der Waals surface area contributed by atoms with E-state index in [1.165, 1.54) is 4.91 Å². The summed E-state index contributed by atoms with van der Waals surface area (Å²) in [6, 6.07) is 0. The molecular weight excluding hydrogens is 983 g/mol. The first kappa shape index (κ1) is 77.6. The maximum Gasteiger partial charge on any atom is 1.00 e. The minimum Gasteiger partial charge on any atom is -0.394 e. The number of aliphatic hydroxyl groups excluding tert-OH is 2. The Hall–Kier alpha value is -1.63. The second-order valence-corrected chi connectivity index (χ2v) is 16.0. The van der Waals surface area contributed by atoms with Gasteiger partial charge in [-0.2, -0.15) is 16.8 Å². The van der Waals surface area contributed by atoms with E-state index in [1.807, 2.05) is 0 Å². The average molecular weight is 1050 g/mol. The van der Waals surface area contributed by atoms with Gasteiger partial charge >= 0.3 is 29.6 Å². The van der Waals surface area contributed by atoms with Gasteiger partial charge in [0.05, 0.1) is 168 Å². The predicted octanol–water partition coefficient (Wildman–Crippen LogP) is -2.22. The second-order valence-electron chi connectivity index (χ2n) is 9.66. The number of ether oxygens (including phenoxy) is 8. The Kier molecular flexibility index (Phi) is 91.4. The van der Waals surface area contributed by atoms with E-state index in [0.29, 0.717) is 105 Å². The van der Waals surface area contributed by atoms with E-state index in [4.69, 9.17) is 84.4 Å². The Morgan fingerprint density at radius 2 is 0.723 bits per heavy atom. The third-order valence-corrected chi connectivity index (χ3v) is 5.52. The summed E-state index contributed by atoms with van der Waals surface area (Å²) in [5.41, 5.74) is 39.7. The van der Waals surface area contributed by atoms with Crippen LogP contribution in [-0.4, -0.2) is 227 Å². The molecule has 0 bridgehead atoms. The number of rotatable bonds is 34. The van der Waals surface area contributed by atoms with Crippen LogP contribution in [0, 0.1) is 0 Å². The summed E-state index contributed by atoms with van der Waals surface area (Å²) in [6.45, 7) is 8.30. The maximum atomic E-state index is 10.6. The summed E-state index contributed by atoms with van der Waals surface area (Å²) in [5, 5.41) is 23.1. The van der Waals surface area contributed by atoms with Crippen molar-refractivity contribution in [3.8, 4) is 0 Å². The van der Waals surface area contributed by atoms with E-state index in [9.17, 15) is 34.0 Å². The first-order chi connectivity index (χ1) is 31.2. The zero-order valence-corrected chi connectivity index (χ0v) is 42.6. The minimum absolute atomic E-state index is 0. The predicted molar refractivity (Wildman–Crippen MR) is 233 cm³/mol. The van der Waals surface area contributed by atoms with Gasteiger partial charge in [0.25, 0.3) is 20.2 Å². The van der Waals surface area contributed by atoms with E-state index in [2.05, 4.69) is 39.1 Å². The zero-order valence-electron chi connectivity index (χ0n) is 39.3. The summed E-state index contributed by atoms with van der Waals surface area (Å²) in [5.74, 6) is 0. The smallest absolute Gasteiger partial charge is 0.394 e. The summed E-state index contributed by atoms with van der Waals surface area (Å²) in [7, 11) is -7.55. The van der Waals surface area contributed by atoms with Crippen molar-refractivity contribution in [2.75, 3.05) is 191 Å². The molecule has 0 fully saturated rings. The molecule has 36 heteroatoms. The molecular formula is C29H69ClF2N11NaO18S3. The van der Waals surface area contributed by atoms with Gasteiger partial charge in [0.2, 0.25) is 9.05 Å². The first-order valence-electron chi connectivity index (χ1n) is 19.1. The number of nitrogens with zero attached hydrogens (tertiary/aromatic N) is 9. The third kappa shape index (κ3) is 154. The van der Waals surface area contributed by atoms with Gasteiger partial charge in [-0.25, -0.2) is 8.42 Å². The van der Waals surface area contributed by atoms with Crippen molar-refractivity contribution < 1.29 is 123 Å². The molecule has 0 aromatic heterocycles. The van der Waals surface area contributed by atoms with Gasteiger partial charge in [0.15, 0.2) is 0 Å². The van der Waals surface area contributed by atoms with Crippen molar-refractivity contribution >= 4 is 40.0 Å². The molecule has 0 saturated heterocycles. The van der Waals surface area contributed by atoms with Crippen LogP contribution in [0.15, 0.2) is 10.2 Å². The molecule has 0 radical (unpaired) electrons. The molecule has 0 aliphatic carbocycles. The molecule has 0 unspecified atom stereocenters. The Balaban J connectivity index is -0.0000000883. The Morgan fingerprint density at radius 1 is 0.523 bits per heavy atom. The molecule has 0 spiro atoms.